The maximum Gasteiger partial charge on any atom is 0.248 e. The third kappa shape index (κ3) is 1.95. The maximum atomic E-state index is 10.7. The van der Waals surface area contributed by atoms with Crippen molar-refractivity contribution in [1.29, 1.82) is 0 Å². The van der Waals surface area contributed by atoms with Gasteiger partial charge in [-0.3, -0.25) is 4.79 Å². The van der Waals surface area contributed by atoms with E-state index in [9.17, 15) is 4.79 Å². The fourth-order valence-electron chi connectivity index (χ4n) is 0.793. The van der Waals surface area contributed by atoms with E-state index in [0.29, 0.717) is 5.57 Å². The Morgan fingerprint density at radius 2 is 1.83 bits per heavy atom. The Kier molecular flexibility index (Phi) is 2.65. The summed E-state index contributed by atoms with van der Waals surface area (Å²) in [4.78, 5) is 10.7. The van der Waals surface area contributed by atoms with Gasteiger partial charge in [0.25, 0.3) is 0 Å². The Morgan fingerprint density at radius 1 is 1.33 bits per heavy atom. The average Bonchev–Trinajstić information content (AvgIpc) is 2.04. The number of halogens is 1. The van der Waals surface area contributed by atoms with Gasteiger partial charge in [0.05, 0.1) is 0 Å². The first-order valence-electron chi connectivity index (χ1n) is 3.36. The van der Waals surface area contributed by atoms with E-state index < -0.39 is 5.91 Å². The van der Waals surface area contributed by atoms with Gasteiger partial charge in [0.15, 0.2) is 0 Å². The highest BCUT2D eigenvalue weighted by Crippen LogP contribution is 2.15. The van der Waals surface area contributed by atoms with Crippen LogP contribution in [0.3, 0.4) is 0 Å². The molecule has 0 aliphatic heterocycles. The highest BCUT2D eigenvalue weighted by Gasteiger charge is 2.03. The van der Waals surface area contributed by atoms with E-state index in [0.717, 1.165) is 10.0 Å². The second kappa shape index (κ2) is 3.54. The molecular formula is C9H8BrNO. The first-order chi connectivity index (χ1) is 5.61. The molecule has 0 atom stereocenters. The summed E-state index contributed by atoms with van der Waals surface area (Å²) < 4.78 is 0.962. The molecule has 0 saturated heterocycles. The first-order valence-corrected chi connectivity index (χ1v) is 4.15. The molecule has 0 saturated carbocycles. The van der Waals surface area contributed by atoms with Crippen LogP contribution in [0.1, 0.15) is 5.56 Å². The van der Waals surface area contributed by atoms with Gasteiger partial charge in [0.1, 0.15) is 0 Å². The lowest BCUT2D eigenvalue weighted by molar-refractivity contribution is -0.112. The SMILES string of the molecule is C=C(C(N)=O)c1ccc(Br)cc1. The van der Waals surface area contributed by atoms with Crippen molar-refractivity contribution in [2.75, 3.05) is 0 Å². The van der Waals surface area contributed by atoms with Crippen molar-refractivity contribution in [3.63, 3.8) is 0 Å². The van der Waals surface area contributed by atoms with Gasteiger partial charge in [-0.05, 0) is 17.7 Å². The van der Waals surface area contributed by atoms with E-state index in [2.05, 4.69) is 22.5 Å². The Labute approximate surface area is 79.2 Å². The van der Waals surface area contributed by atoms with Crippen molar-refractivity contribution in [2.24, 2.45) is 5.73 Å². The van der Waals surface area contributed by atoms with Gasteiger partial charge in [0.2, 0.25) is 5.91 Å². The van der Waals surface area contributed by atoms with Crippen LogP contribution >= 0.6 is 15.9 Å². The molecule has 1 aromatic carbocycles. The van der Waals surface area contributed by atoms with Crippen molar-refractivity contribution < 1.29 is 4.79 Å². The van der Waals surface area contributed by atoms with Crippen LogP contribution in [-0.4, -0.2) is 5.91 Å². The maximum absolute atomic E-state index is 10.7. The molecule has 0 fully saturated rings. The zero-order valence-corrected chi connectivity index (χ0v) is 7.97. The predicted octanol–water partition coefficient (Wildman–Crippen LogP) is 1.95. The Bertz CT molecular complexity index is 316. The zero-order valence-electron chi connectivity index (χ0n) is 6.38. The average molecular weight is 226 g/mol. The number of carbonyl (C=O) groups is 1. The predicted molar refractivity (Wildman–Crippen MR) is 52.4 cm³/mol. The molecule has 1 rings (SSSR count). The third-order valence-electron chi connectivity index (χ3n) is 1.49. The van der Waals surface area contributed by atoms with Crippen LogP contribution in [0.5, 0.6) is 0 Å². The second-order valence-corrected chi connectivity index (χ2v) is 3.27. The molecule has 0 unspecified atom stereocenters. The van der Waals surface area contributed by atoms with Gasteiger partial charge in [0, 0.05) is 10.0 Å². The van der Waals surface area contributed by atoms with Crippen LogP contribution < -0.4 is 5.73 Å². The van der Waals surface area contributed by atoms with Crippen molar-refractivity contribution in [3.05, 3.63) is 40.9 Å². The summed E-state index contributed by atoms with van der Waals surface area (Å²) in [5.74, 6) is -0.489. The highest BCUT2D eigenvalue weighted by atomic mass is 79.9. The topological polar surface area (TPSA) is 43.1 Å². The molecule has 0 heterocycles. The van der Waals surface area contributed by atoms with E-state index in [1.807, 2.05) is 12.1 Å². The summed E-state index contributed by atoms with van der Waals surface area (Å²) in [5, 5.41) is 0. The molecular weight excluding hydrogens is 218 g/mol. The standard InChI is InChI=1S/C9H8BrNO/c1-6(9(11)12)7-2-4-8(10)5-3-7/h2-5H,1H2,(H2,11,12). The Morgan fingerprint density at radius 3 is 2.25 bits per heavy atom. The zero-order chi connectivity index (χ0) is 9.14. The molecule has 1 aromatic rings. The molecule has 62 valence electrons. The van der Waals surface area contributed by atoms with Crippen LogP contribution in [0, 0.1) is 0 Å². The summed E-state index contributed by atoms with van der Waals surface area (Å²) in [6, 6.07) is 7.25. The van der Waals surface area contributed by atoms with Crippen LogP contribution in [0.4, 0.5) is 0 Å². The lowest BCUT2D eigenvalue weighted by atomic mass is 10.1. The summed E-state index contributed by atoms with van der Waals surface area (Å²) in [7, 11) is 0. The second-order valence-electron chi connectivity index (χ2n) is 2.35. The van der Waals surface area contributed by atoms with Crippen molar-refractivity contribution in [1.82, 2.24) is 0 Å². The smallest absolute Gasteiger partial charge is 0.248 e. The molecule has 0 spiro atoms. The third-order valence-corrected chi connectivity index (χ3v) is 2.02. The fraction of sp³-hybridized carbons (Fsp3) is 0. The molecule has 1 amide bonds. The van der Waals surface area contributed by atoms with Crippen LogP contribution in [0.15, 0.2) is 35.3 Å². The molecule has 0 aliphatic carbocycles. The number of hydrogen-bond acceptors (Lipinski definition) is 1. The first kappa shape index (κ1) is 9.00. The van der Waals surface area contributed by atoms with Gasteiger partial charge in [-0.25, -0.2) is 0 Å². The van der Waals surface area contributed by atoms with Crippen LogP contribution in [0.25, 0.3) is 5.57 Å². The van der Waals surface area contributed by atoms with Crippen molar-refractivity contribution >= 4 is 27.4 Å². The number of amides is 1. The van der Waals surface area contributed by atoms with Gasteiger partial charge < -0.3 is 5.73 Å². The molecule has 3 heteroatoms. The number of primary amides is 1. The summed E-state index contributed by atoms with van der Waals surface area (Å²) in [5.41, 5.74) is 6.15. The normalized spacial score (nSPS) is 9.42. The Hall–Kier alpha value is -1.09. The van der Waals surface area contributed by atoms with Gasteiger partial charge >= 0.3 is 0 Å². The van der Waals surface area contributed by atoms with Crippen molar-refractivity contribution in [2.45, 2.75) is 0 Å². The van der Waals surface area contributed by atoms with Gasteiger partial charge in [-0.15, -0.1) is 0 Å². The summed E-state index contributed by atoms with van der Waals surface area (Å²) in [6.45, 7) is 3.56. The summed E-state index contributed by atoms with van der Waals surface area (Å²) in [6.07, 6.45) is 0. The minimum absolute atomic E-state index is 0.336. The fourth-order valence-corrected chi connectivity index (χ4v) is 1.06. The van der Waals surface area contributed by atoms with Crippen molar-refractivity contribution in [3.8, 4) is 0 Å². The van der Waals surface area contributed by atoms with E-state index >= 15 is 0 Å². The molecule has 0 aliphatic rings. The highest BCUT2D eigenvalue weighted by molar-refractivity contribution is 9.10. The van der Waals surface area contributed by atoms with E-state index in [1.165, 1.54) is 0 Å². The number of rotatable bonds is 2. The van der Waals surface area contributed by atoms with Crippen LogP contribution in [-0.2, 0) is 4.79 Å². The van der Waals surface area contributed by atoms with Gasteiger partial charge in [-0.2, -0.15) is 0 Å². The lowest BCUT2D eigenvalue weighted by Gasteiger charge is -2.00. The Balaban J connectivity index is 2.98. The molecule has 2 N–H and O–H groups in total. The number of hydrogen-bond donors (Lipinski definition) is 1. The molecule has 0 bridgehead atoms. The minimum Gasteiger partial charge on any atom is -0.366 e. The van der Waals surface area contributed by atoms with E-state index in [1.54, 1.807) is 12.1 Å². The monoisotopic (exact) mass is 225 g/mol. The van der Waals surface area contributed by atoms with Crippen LogP contribution in [0.2, 0.25) is 0 Å². The van der Waals surface area contributed by atoms with E-state index in [-0.39, 0.29) is 0 Å². The van der Waals surface area contributed by atoms with Gasteiger partial charge in [-0.1, -0.05) is 34.6 Å². The number of carbonyl (C=O) groups excluding carboxylic acids is 1. The quantitative estimate of drug-likeness (QED) is 0.769. The lowest BCUT2D eigenvalue weighted by Crippen LogP contribution is -2.11. The number of benzene rings is 1. The van der Waals surface area contributed by atoms with E-state index in [4.69, 9.17) is 5.73 Å². The number of nitrogens with two attached hydrogens (primary N) is 1. The molecule has 12 heavy (non-hydrogen) atoms. The molecule has 2 nitrogen and oxygen atoms in total. The summed E-state index contributed by atoms with van der Waals surface area (Å²) >= 11 is 3.29. The molecule has 0 aromatic heterocycles. The largest absolute Gasteiger partial charge is 0.366 e. The molecule has 0 radical (unpaired) electrons. The minimum atomic E-state index is -0.489.